The number of hydrogen-bond acceptors (Lipinski definition) is 30. The highest BCUT2D eigenvalue weighted by Gasteiger charge is 2.26. The van der Waals surface area contributed by atoms with Crippen LogP contribution in [0.25, 0.3) is 32.7 Å². The Morgan fingerprint density at radius 3 is 1.19 bits per heavy atom. The van der Waals surface area contributed by atoms with Gasteiger partial charge in [-0.25, -0.2) is 43.1 Å². The largest absolute Gasteiger partial charge is 0.493 e. The predicted molar refractivity (Wildman–Crippen MR) is 469 cm³/mol. The van der Waals surface area contributed by atoms with Gasteiger partial charge in [-0.15, -0.1) is 0 Å². The third-order valence-corrected chi connectivity index (χ3v) is 20.9. The number of carbonyl (C=O) groups is 6. The first-order valence-electron chi connectivity index (χ1n) is 41.9. The summed E-state index contributed by atoms with van der Waals surface area (Å²) in [7, 11) is 6.28. The maximum absolute atomic E-state index is 13.6. The number of fused-ring (bicyclic) bond motifs is 3. The van der Waals surface area contributed by atoms with Crippen molar-refractivity contribution < 1.29 is 92.5 Å². The number of nitrogens with two attached hydrogens (primary N) is 2. The zero-order valence-electron chi connectivity index (χ0n) is 72.2. The summed E-state index contributed by atoms with van der Waals surface area (Å²) in [5.41, 5.74) is 7.98. The average molecular weight is 1800 g/mol. The van der Waals surface area contributed by atoms with Crippen molar-refractivity contribution in [1.82, 2.24) is 59.7 Å². The van der Waals surface area contributed by atoms with Gasteiger partial charge in [-0.1, -0.05) is 41.2 Å². The summed E-state index contributed by atoms with van der Waals surface area (Å²) in [5.74, 6) is 1.32. The lowest BCUT2D eigenvalue weighted by atomic mass is 10.2. The number of benzene rings is 6. The van der Waals surface area contributed by atoms with E-state index in [0.717, 1.165) is 122 Å². The van der Waals surface area contributed by atoms with Crippen LogP contribution in [0.5, 0.6) is 34.5 Å². The Kier molecular flexibility index (Phi) is 39.4. The van der Waals surface area contributed by atoms with Crippen LogP contribution < -0.4 is 61.1 Å². The van der Waals surface area contributed by atoms with Crippen LogP contribution in [0.4, 0.5) is 47.7 Å². The van der Waals surface area contributed by atoms with Gasteiger partial charge in [-0.2, -0.15) is 0 Å². The third kappa shape index (κ3) is 31.5. The Morgan fingerprint density at radius 2 is 0.848 bits per heavy atom. The van der Waals surface area contributed by atoms with E-state index in [4.69, 9.17) is 80.6 Å². The molecule has 33 nitrogen and oxygen atoms in total. The fourth-order valence-corrected chi connectivity index (χ4v) is 13.9. The molecule has 0 atom stereocenters. The van der Waals surface area contributed by atoms with Gasteiger partial charge < -0.3 is 95.2 Å². The minimum Gasteiger partial charge on any atom is -0.493 e. The van der Waals surface area contributed by atoms with Gasteiger partial charge in [-0.3, -0.25) is 38.6 Å². The van der Waals surface area contributed by atoms with Crippen LogP contribution >= 0.6 is 34.8 Å². The fourth-order valence-electron chi connectivity index (χ4n) is 13.4. The van der Waals surface area contributed by atoms with Crippen molar-refractivity contribution in [2.24, 2.45) is 11.5 Å². The summed E-state index contributed by atoms with van der Waals surface area (Å²) in [6.45, 7) is 14.9. The summed E-state index contributed by atoms with van der Waals surface area (Å²) >= 11 is 17.8. The van der Waals surface area contributed by atoms with E-state index in [1.165, 1.54) is 55.4 Å². The number of carboxylic acid groups (broad SMARTS) is 1. The molecule has 9 aromatic rings. The SMILES string of the molecule is COc1cc2ncnc(Nc3ccc(F)c(Cl)c3)c2cc1OCCCN1CCN(C(=O)CCC(=O)O)CC1.COc1cc2ncnc(Nc3ccc(F)c(Cl)c3)c2cc1OCCCN1CCNCC1.O=C1CCC(=O)O1.[2H]NC.[2H]NCOCCCCCCOC(=O)CCC(=O)N1CCN(CCCOc2cc3c(Nc4ccc(F)c(Cl)c4)ncnc3cc2OC)CC1. The average Bonchev–Trinajstić information content (AvgIpc) is 1.19. The van der Waals surface area contributed by atoms with E-state index in [1.54, 1.807) is 63.6 Å². The van der Waals surface area contributed by atoms with Gasteiger partial charge in [0.05, 0.1) is 112 Å². The number of rotatable bonds is 39. The van der Waals surface area contributed by atoms with E-state index in [2.05, 4.69) is 76.3 Å². The second-order valence-corrected chi connectivity index (χ2v) is 29.8. The van der Waals surface area contributed by atoms with Crippen molar-refractivity contribution in [1.29, 1.82) is 0 Å². The predicted octanol–water partition coefficient (Wildman–Crippen LogP) is 12.1. The molecule has 0 unspecified atom stereocenters. The fraction of sp³-hybridized carbons (Fsp3) is 0.442. The zero-order chi connectivity index (χ0) is 90.8. The van der Waals surface area contributed by atoms with E-state index in [9.17, 15) is 41.9 Å². The second kappa shape index (κ2) is 52.0. The first-order valence-corrected chi connectivity index (χ1v) is 42.1. The number of aromatic nitrogens is 6. The molecule has 9 N–H and O–H groups in total. The minimum atomic E-state index is -0.960. The van der Waals surface area contributed by atoms with Gasteiger partial charge in [0.25, 0.3) is 0 Å². The summed E-state index contributed by atoms with van der Waals surface area (Å²) in [6.07, 6.45) is 11.0. The number of unbranched alkanes of at least 4 members (excludes halogenated alkanes) is 3. The number of piperazine rings is 3. The van der Waals surface area contributed by atoms with Crippen LogP contribution in [-0.4, -0.2) is 262 Å². The molecular weight excluding hydrogens is 1690 g/mol. The molecule has 0 radical (unpaired) electrons. The number of aliphatic carboxylic acids is 1. The molecule has 4 aliphatic rings. The Hall–Kier alpha value is -11.1. The first-order chi connectivity index (χ1) is 61.5. The highest BCUT2D eigenvalue weighted by Crippen LogP contribution is 2.39. The standard InChI is InChI=1S/C33H44ClFN6O6.C26H29ClFN5O5.C22H25ClFN5O2.C4H4O3.CH5N/c1-44-29-21-28-25(33(38-23-37-28)39-24-7-8-27(35)26(34)19-24)20-30(29)46-18-6-11-40-12-14-41(15-13-40)31(42)9-10-32(43)47-17-5-3-2-4-16-45-22-36;1-37-22-15-21-18(26(30-16-29-21)31-17-3-4-20(28)19(27)13-17)14-23(22)38-12-2-7-32-8-10-33(11-9-32)24(34)5-6-25(35)36;1-30-20-13-19-16(12-21(20)31-10-2-7-29-8-5-25-6-9-29)22(27-14-26-19)28-15-3-4-18(24)17(23)11-15;5-3-1-2-4(6)7-3;1-2/h7-8,19-21,23H,2-6,9-18,22,36H2,1H3,(H,37,38,39);3-4,13-16H,2,5-12H2,1H3,(H,35,36)(H,29,30,31);3-4,11-14,25H,2,5-10H2,1H3,(H,26,27,28);1-2H2;2H2,1H3/i/hD2. The highest BCUT2D eigenvalue weighted by atomic mass is 35.5. The molecule has 4 fully saturated rings. The number of halogens is 6. The first kappa shape index (κ1) is 94.6. The Labute approximate surface area is 740 Å². The number of methoxy groups -OCH3 is 3. The van der Waals surface area contributed by atoms with E-state index < -0.39 is 35.4 Å². The summed E-state index contributed by atoms with van der Waals surface area (Å²) < 4.78 is 103. The van der Waals surface area contributed by atoms with Crippen LogP contribution in [0.15, 0.2) is 110 Å². The van der Waals surface area contributed by atoms with Crippen LogP contribution in [-0.2, 0) is 43.0 Å². The number of carbonyl (C=O) groups excluding carboxylic acids is 5. The van der Waals surface area contributed by atoms with Crippen LogP contribution in [0.3, 0.4) is 0 Å². The number of nitrogens with zero attached hydrogens (tertiary/aromatic N) is 11. The lowest BCUT2D eigenvalue weighted by Gasteiger charge is -2.34. The highest BCUT2D eigenvalue weighted by molar-refractivity contribution is 6.31. The molecule has 0 saturated carbocycles. The summed E-state index contributed by atoms with van der Waals surface area (Å²) in [4.78, 5) is 104. The van der Waals surface area contributed by atoms with E-state index in [0.29, 0.717) is 156 Å². The van der Waals surface area contributed by atoms with Crippen LogP contribution in [0.1, 0.15) is 83.5 Å². The van der Waals surface area contributed by atoms with Gasteiger partial charge in [0, 0.05) is 169 Å². The minimum absolute atomic E-state index is 0.00486. The van der Waals surface area contributed by atoms with Gasteiger partial charge in [-0.05, 0) is 118 Å². The monoisotopic (exact) mass is 1800 g/mol. The van der Waals surface area contributed by atoms with Crippen LogP contribution in [0, 0.1) is 17.5 Å². The number of esters is 3. The molecule has 4 aliphatic heterocycles. The normalized spacial score (nSPS) is 14.3. The molecule has 3 aromatic heterocycles. The zero-order valence-corrected chi connectivity index (χ0v) is 72.5. The molecule has 4 saturated heterocycles. The smallest absolute Gasteiger partial charge is 0.314 e. The maximum Gasteiger partial charge on any atom is 0.314 e. The van der Waals surface area contributed by atoms with E-state index in [-0.39, 0.29) is 78.1 Å². The molecular formula is C86H107Cl3F3N17O16. The van der Waals surface area contributed by atoms with Gasteiger partial charge in [0.2, 0.25) is 11.8 Å². The van der Waals surface area contributed by atoms with Gasteiger partial charge >= 0.3 is 23.9 Å². The third-order valence-electron chi connectivity index (χ3n) is 20.0. The molecule has 6 aromatic carbocycles. The summed E-state index contributed by atoms with van der Waals surface area (Å²) in [5, 5.41) is 23.8. The Morgan fingerprint density at radius 1 is 0.480 bits per heavy atom. The lowest BCUT2D eigenvalue weighted by molar-refractivity contribution is -0.152. The van der Waals surface area contributed by atoms with Crippen LogP contribution in [0.2, 0.25) is 17.9 Å². The number of amides is 2. The van der Waals surface area contributed by atoms with E-state index in [1.807, 2.05) is 34.9 Å². The molecule has 0 aliphatic carbocycles. The number of nitrogens with one attached hydrogen (secondary N) is 4. The maximum atomic E-state index is 13.6. The number of hydrogen-bond donors (Lipinski definition) is 7. The summed E-state index contributed by atoms with van der Waals surface area (Å²) in [6, 6.07) is 24.0. The molecule has 674 valence electrons. The van der Waals surface area contributed by atoms with Gasteiger partial charge in [0.15, 0.2) is 34.5 Å². The quantitative estimate of drug-likeness (QED) is 0.00814. The molecule has 0 bridgehead atoms. The van der Waals surface area contributed by atoms with Crippen molar-refractivity contribution in [3.63, 3.8) is 0 Å². The molecule has 2 amide bonds. The molecule has 13 rings (SSSR count). The lowest BCUT2D eigenvalue weighted by Crippen LogP contribution is -2.49. The number of carboxylic acids is 1. The molecule has 39 heteroatoms. The Bertz CT molecular complexity index is 5060. The second-order valence-electron chi connectivity index (χ2n) is 28.6. The number of cyclic esters (lactones) is 2. The molecule has 125 heavy (non-hydrogen) atoms. The molecule has 0 spiro atoms. The number of anilines is 6. The molecule has 7 heterocycles. The van der Waals surface area contributed by atoms with Crippen molar-refractivity contribution in [2.45, 2.75) is 83.5 Å². The van der Waals surface area contributed by atoms with Gasteiger partial charge in [0.1, 0.15) is 56.7 Å². The van der Waals surface area contributed by atoms with E-state index >= 15 is 0 Å². The van der Waals surface area contributed by atoms with Crippen molar-refractivity contribution in [3.05, 3.63) is 142 Å². The van der Waals surface area contributed by atoms with Crippen molar-refractivity contribution in [3.8, 4) is 34.5 Å². The Balaban J connectivity index is 0.000000207. The van der Waals surface area contributed by atoms with Crippen molar-refractivity contribution in [2.75, 3.05) is 182 Å². The number of ether oxygens (including phenoxy) is 9. The van der Waals surface area contributed by atoms with Crippen molar-refractivity contribution >= 4 is 138 Å². The topological polar surface area (TPSA) is 399 Å².